The van der Waals surface area contributed by atoms with Crippen molar-refractivity contribution in [3.8, 4) is 39.7 Å². The SMILES string of the molecule is Cc1noc(-c2ccc3c(c2O)OCCO3)c1-c1ccc([N+](=O)[O-])cc1. The van der Waals surface area contributed by atoms with E-state index in [-0.39, 0.29) is 17.2 Å². The number of rotatable bonds is 3. The molecule has 0 aliphatic carbocycles. The van der Waals surface area contributed by atoms with Crippen molar-refractivity contribution in [3.05, 3.63) is 52.2 Å². The van der Waals surface area contributed by atoms with Gasteiger partial charge in [-0.05, 0) is 36.8 Å². The van der Waals surface area contributed by atoms with Crippen LogP contribution in [0.2, 0.25) is 0 Å². The highest BCUT2D eigenvalue weighted by atomic mass is 16.6. The van der Waals surface area contributed by atoms with Gasteiger partial charge in [0.1, 0.15) is 13.2 Å². The van der Waals surface area contributed by atoms with Crippen LogP contribution in [0.5, 0.6) is 17.2 Å². The van der Waals surface area contributed by atoms with Gasteiger partial charge in [-0.1, -0.05) is 5.16 Å². The first kappa shape index (κ1) is 15.9. The van der Waals surface area contributed by atoms with Crippen LogP contribution >= 0.6 is 0 Å². The molecule has 26 heavy (non-hydrogen) atoms. The highest BCUT2D eigenvalue weighted by Crippen LogP contribution is 2.47. The van der Waals surface area contributed by atoms with Gasteiger partial charge in [-0.2, -0.15) is 0 Å². The first-order chi connectivity index (χ1) is 12.6. The molecular weight excluding hydrogens is 340 g/mol. The Labute approximate surface area is 147 Å². The molecule has 1 N–H and O–H groups in total. The fourth-order valence-corrected chi connectivity index (χ4v) is 2.93. The van der Waals surface area contributed by atoms with E-state index in [4.69, 9.17) is 14.0 Å². The van der Waals surface area contributed by atoms with Crippen LogP contribution in [0.1, 0.15) is 5.69 Å². The molecular formula is C18H14N2O6. The summed E-state index contributed by atoms with van der Waals surface area (Å²) in [6.45, 7) is 2.52. The number of fused-ring (bicyclic) bond motifs is 1. The topological polar surface area (TPSA) is 108 Å². The lowest BCUT2D eigenvalue weighted by Gasteiger charge is -2.20. The second kappa shape index (κ2) is 6.07. The van der Waals surface area contributed by atoms with E-state index in [0.29, 0.717) is 47.1 Å². The molecule has 4 rings (SSSR count). The molecule has 0 saturated carbocycles. The summed E-state index contributed by atoms with van der Waals surface area (Å²) >= 11 is 0. The fraction of sp³-hybridized carbons (Fsp3) is 0.167. The zero-order valence-corrected chi connectivity index (χ0v) is 13.8. The second-order valence-electron chi connectivity index (χ2n) is 5.76. The maximum Gasteiger partial charge on any atom is 0.269 e. The van der Waals surface area contributed by atoms with Crippen LogP contribution in [0.25, 0.3) is 22.5 Å². The van der Waals surface area contributed by atoms with Crippen molar-refractivity contribution in [3.63, 3.8) is 0 Å². The van der Waals surface area contributed by atoms with Gasteiger partial charge in [0.25, 0.3) is 5.69 Å². The number of aromatic hydroxyl groups is 1. The number of ether oxygens (including phenoxy) is 2. The number of hydrogen-bond acceptors (Lipinski definition) is 7. The molecule has 2 heterocycles. The van der Waals surface area contributed by atoms with Crippen molar-refractivity contribution >= 4 is 5.69 Å². The van der Waals surface area contributed by atoms with Crippen molar-refractivity contribution in [2.24, 2.45) is 0 Å². The summed E-state index contributed by atoms with van der Waals surface area (Å²) in [6.07, 6.45) is 0. The number of nitrogens with zero attached hydrogens (tertiary/aromatic N) is 2. The third kappa shape index (κ3) is 2.52. The van der Waals surface area contributed by atoms with Crippen molar-refractivity contribution in [1.29, 1.82) is 0 Å². The van der Waals surface area contributed by atoms with Gasteiger partial charge >= 0.3 is 0 Å². The van der Waals surface area contributed by atoms with Gasteiger partial charge in [-0.25, -0.2) is 0 Å². The number of aromatic nitrogens is 1. The lowest BCUT2D eigenvalue weighted by atomic mass is 9.98. The van der Waals surface area contributed by atoms with E-state index in [2.05, 4.69) is 5.16 Å². The van der Waals surface area contributed by atoms with Crippen molar-refractivity contribution in [2.45, 2.75) is 6.92 Å². The largest absolute Gasteiger partial charge is 0.504 e. The predicted octanol–water partition coefficient (Wildman–Crippen LogP) is 3.70. The van der Waals surface area contributed by atoms with Gasteiger partial charge in [0.2, 0.25) is 5.75 Å². The summed E-state index contributed by atoms with van der Waals surface area (Å²) in [7, 11) is 0. The maximum atomic E-state index is 10.9. The smallest absolute Gasteiger partial charge is 0.269 e. The lowest BCUT2D eigenvalue weighted by Crippen LogP contribution is -2.15. The van der Waals surface area contributed by atoms with Crippen LogP contribution in [0.3, 0.4) is 0 Å². The number of nitro groups is 1. The summed E-state index contributed by atoms with van der Waals surface area (Å²) in [6, 6.07) is 9.43. The highest BCUT2D eigenvalue weighted by molar-refractivity contribution is 5.85. The van der Waals surface area contributed by atoms with Crippen LogP contribution < -0.4 is 9.47 Å². The molecule has 0 radical (unpaired) electrons. The van der Waals surface area contributed by atoms with E-state index < -0.39 is 4.92 Å². The van der Waals surface area contributed by atoms with E-state index in [1.165, 1.54) is 12.1 Å². The minimum atomic E-state index is -0.461. The molecule has 0 unspecified atom stereocenters. The molecule has 8 heteroatoms. The van der Waals surface area contributed by atoms with Gasteiger partial charge < -0.3 is 19.1 Å². The van der Waals surface area contributed by atoms with Gasteiger partial charge in [-0.15, -0.1) is 0 Å². The number of non-ortho nitro benzene ring substituents is 1. The highest BCUT2D eigenvalue weighted by Gasteiger charge is 2.25. The Hall–Kier alpha value is -3.55. The second-order valence-corrected chi connectivity index (χ2v) is 5.76. The number of benzene rings is 2. The summed E-state index contributed by atoms with van der Waals surface area (Å²) in [5, 5.41) is 25.4. The zero-order chi connectivity index (χ0) is 18.3. The van der Waals surface area contributed by atoms with E-state index in [1.807, 2.05) is 0 Å². The van der Waals surface area contributed by atoms with E-state index in [1.54, 1.807) is 31.2 Å². The predicted molar refractivity (Wildman–Crippen MR) is 91.4 cm³/mol. The molecule has 0 spiro atoms. The van der Waals surface area contributed by atoms with Crippen molar-refractivity contribution in [2.75, 3.05) is 13.2 Å². The first-order valence-corrected chi connectivity index (χ1v) is 7.89. The molecule has 1 aromatic heterocycles. The summed E-state index contributed by atoms with van der Waals surface area (Å²) < 4.78 is 16.4. The van der Waals surface area contributed by atoms with Crippen LogP contribution in [-0.4, -0.2) is 28.4 Å². The van der Waals surface area contributed by atoms with Crippen LogP contribution in [0.4, 0.5) is 5.69 Å². The van der Waals surface area contributed by atoms with Crippen LogP contribution in [0.15, 0.2) is 40.9 Å². The third-order valence-electron chi connectivity index (χ3n) is 4.16. The molecule has 0 amide bonds. The minimum absolute atomic E-state index is 0.00779. The molecule has 132 valence electrons. The number of phenols is 1. The molecule has 0 saturated heterocycles. The number of hydrogen-bond donors (Lipinski definition) is 1. The molecule has 8 nitrogen and oxygen atoms in total. The van der Waals surface area contributed by atoms with Crippen molar-refractivity contribution in [1.82, 2.24) is 5.16 Å². The van der Waals surface area contributed by atoms with Crippen LogP contribution in [-0.2, 0) is 0 Å². The average Bonchev–Trinajstić information content (AvgIpc) is 3.03. The quantitative estimate of drug-likeness (QED) is 0.564. The number of nitro benzene ring substituents is 1. The zero-order valence-electron chi connectivity index (χ0n) is 13.8. The molecule has 1 aliphatic rings. The van der Waals surface area contributed by atoms with Gasteiger partial charge in [0, 0.05) is 12.1 Å². The monoisotopic (exact) mass is 354 g/mol. The molecule has 1 aliphatic heterocycles. The average molecular weight is 354 g/mol. The Kier molecular flexibility index (Phi) is 3.72. The Morgan fingerprint density at radius 2 is 1.85 bits per heavy atom. The Bertz CT molecular complexity index is 994. The molecule has 2 aromatic carbocycles. The Morgan fingerprint density at radius 1 is 1.12 bits per heavy atom. The molecule has 3 aromatic rings. The summed E-state index contributed by atoms with van der Waals surface area (Å²) in [4.78, 5) is 10.4. The van der Waals surface area contributed by atoms with Gasteiger partial charge in [0.15, 0.2) is 17.3 Å². The molecule has 0 atom stereocenters. The minimum Gasteiger partial charge on any atom is -0.504 e. The number of phenolic OH excluding ortho intramolecular Hbond substituents is 1. The summed E-state index contributed by atoms with van der Waals surface area (Å²) in [5.41, 5.74) is 2.34. The lowest BCUT2D eigenvalue weighted by molar-refractivity contribution is -0.384. The van der Waals surface area contributed by atoms with Gasteiger partial charge in [-0.3, -0.25) is 10.1 Å². The Balaban J connectivity index is 1.84. The first-order valence-electron chi connectivity index (χ1n) is 7.89. The maximum absolute atomic E-state index is 10.9. The van der Waals surface area contributed by atoms with Crippen molar-refractivity contribution < 1.29 is 24.0 Å². The van der Waals surface area contributed by atoms with E-state index >= 15 is 0 Å². The van der Waals surface area contributed by atoms with Gasteiger partial charge in [0.05, 0.1) is 21.7 Å². The Morgan fingerprint density at radius 3 is 2.58 bits per heavy atom. The standard InChI is InChI=1S/C18H14N2O6/c1-10-15(11-2-4-12(5-3-11)20(22)23)17(26-19-10)13-6-7-14-18(16(13)21)25-9-8-24-14/h2-7,21H,8-9H2,1H3. The molecule has 0 bridgehead atoms. The summed E-state index contributed by atoms with van der Waals surface area (Å²) in [5.74, 6) is 0.982. The fourth-order valence-electron chi connectivity index (χ4n) is 2.93. The third-order valence-corrected chi connectivity index (χ3v) is 4.16. The number of aryl methyl sites for hydroxylation is 1. The van der Waals surface area contributed by atoms with Crippen LogP contribution in [0, 0.1) is 17.0 Å². The normalized spacial score (nSPS) is 12.8. The molecule has 0 fully saturated rings. The van der Waals surface area contributed by atoms with E-state index in [9.17, 15) is 15.2 Å². The van der Waals surface area contributed by atoms with E-state index in [0.717, 1.165) is 0 Å².